The van der Waals surface area contributed by atoms with Gasteiger partial charge in [-0.1, -0.05) is 80.9 Å². The second-order valence-corrected chi connectivity index (χ2v) is 11.8. The van der Waals surface area contributed by atoms with Crippen LogP contribution in [0.4, 0.5) is 10.5 Å². The maximum Gasteiger partial charge on any atom is 0.407 e. The number of aliphatic hydroxyl groups is 1. The van der Waals surface area contributed by atoms with Crippen LogP contribution in [0, 0.1) is 5.92 Å². The molecule has 3 aromatic rings. The third kappa shape index (κ3) is 16.0. The zero-order valence-corrected chi connectivity index (χ0v) is 26.5. The molecule has 0 aliphatic heterocycles. The van der Waals surface area contributed by atoms with Crippen molar-refractivity contribution in [2.75, 3.05) is 39.1 Å². The van der Waals surface area contributed by atoms with Crippen LogP contribution in [0.25, 0.3) is 0 Å². The van der Waals surface area contributed by atoms with Crippen molar-refractivity contribution in [1.82, 2.24) is 14.9 Å². The van der Waals surface area contributed by atoms with Crippen LogP contribution in [0.15, 0.2) is 89.8 Å². The Balaban J connectivity index is 0.000000407. The summed E-state index contributed by atoms with van der Waals surface area (Å²) >= 11 is 1.65. The summed E-state index contributed by atoms with van der Waals surface area (Å²) < 4.78 is 6.68. The predicted octanol–water partition coefficient (Wildman–Crippen LogP) is 5.90. The Morgan fingerprint density at radius 2 is 1.49 bits per heavy atom. The Kier molecular flexibility index (Phi) is 17.6. The average Bonchev–Trinajstić information content (AvgIpc) is 3.02. The molecule has 0 radical (unpaired) electrons. The van der Waals surface area contributed by atoms with E-state index in [1.54, 1.807) is 11.9 Å². The van der Waals surface area contributed by atoms with Gasteiger partial charge in [0.15, 0.2) is 0 Å². The summed E-state index contributed by atoms with van der Waals surface area (Å²) in [5.74, 6) is 0.323. The third-order valence-corrected chi connectivity index (χ3v) is 7.80. The highest BCUT2D eigenvalue weighted by molar-refractivity contribution is 7.97. The molecular formula is C34H48N4O4S. The van der Waals surface area contributed by atoms with Crippen molar-refractivity contribution < 1.29 is 19.4 Å². The molecule has 5 N–H and O–H groups in total. The highest BCUT2D eigenvalue weighted by Gasteiger charge is 2.19. The first-order chi connectivity index (χ1) is 20.8. The molecule has 3 aromatic carbocycles. The number of anilines is 1. The molecular weight excluding hydrogens is 560 g/mol. The predicted molar refractivity (Wildman–Crippen MR) is 177 cm³/mol. The fraction of sp³-hybridized carbons (Fsp3) is 0.412. The molecule has 43 heavy (non-hydrogen) atoms. The van der Waals surface area contributed by atoms with Gasteiger partial charge >= 0.3 is 6.09 Å². The van der Waals surface area contributed by atoms with Gasteiger partial charge in [-0.2, -0.15) is 0 Å². The highest BCUT2D eigenvalue weighted by Crippen LogP contribution is 2.28. The lowest BCUT2D eigenvalue weighted by molar-refractivity contribution is -0.120. The van der Waals surface area contributed by atoms with Gasteiger partial charge in [-0.25, -0.2) is 9.10 Å². The molecule has 1 atom stereocenters. The lowest BCUT2D eigenvalue weighted by Gasteiger charge is -2.30. The number of ether oxygens (including phenoxy) is 1. The number of nitrogens with one attached hydrogen (secondary N) is 2. The summed E-state index contributed by atoms with van der Waals surface area (Å²) in [6.07, 6.45) is 3.94. The molecule has 0 saturated heterocycles. The van der Waals surface area contributed by atoms with Crippen molar-refractivity contribution >= 4 is 29.6 Å². The van der Waals surface area contributed by atoms with Gasteiger partial charge in [0, 0.05) is 29.7 Å². The van der Waals surface area contributed by atoms with Gasteiger partial charge in [0.25, 0.3) is 0 Å². The number of aliphatic hydroxyl groups excluding tert-OH is 1. The second kappa shape index (κ2) is 21.2. The Labute approximate surface area is 261 Å². The third-order valence-electron chi connectivity index (χ3n) is 6.61. The Morgan fingerprint density at radius 3 is 2.02 bits per heavy atom. The second-order valence-electron chi connectivity index (χ2n) is 10.7. The molecule has 0 aliphatic carbocycles. The minimum atomic E-state index is -0.629. The Morgan fingerprint density at radius 1 is 0.884 bits per heavy atom. The molecule has 0 heterocycles. The van der Waals surface area contributed by atoms with Crippen LogP contribution in [0.3, 0.4) is 0 Å². The molecule has 9 heteroatoms. The summed E-state index contributed by atoms with van der Waals surface area (Å²) in [6.45, 7) is 5.77. The lowest BCUT2D eigenvalue weighted by atomic mass is 10.1. The molecule has 8 nitrogen and oxygen atoms in total. The van der Waals surface area contributed by atoms with Gasteiger partial charge in [0.1, 0.15) is 0 Å². The molecule has 0 bridgehead atoms. The summed E-state index contributed by atoms with van der Waals surface area (Å²) in [5, 5.41) is 15.1. The number of rotatable bonds is 16. The molecule has 0 aromatic heterocycles. The number of nitrogens with zero attached hydrogens (tertiary/aromatic N) is 1. The number of unbranched alkanes of at least 4 members (excludes halogenated alkanes) is 1. The maximum atomic E-state index is 11.7. The highest BCUT2D eigenvalue weighted by atomic mass is 32.2. The lowest BCUT2D eigenvalue weighted by Crippen LogP contribution is -2.37. The van der Waals surface area contributed by atoms with Gasteiger partial charge in [0.2, 0.25) is 5.91 Å². The first kappa shape index (κ1) is 35.7. The van der Waals surface area contributed by atoms with E-state index >= 15 is 0 Å². The van der Waals surface area contributed by atoms with Crippen LogP contribution in [0.1, 0.15) is 50.7 Å². The van der Waals surface area contributed by atoms with Crippen LogP contribution in [-0.2, 0) is 16.0 Å². The normalized spacial score (nSPS) is 11.4. The van der Waals surface area contributed by atoms with E-state index in [4.69, 9.17) is 5.73 Å². The van der Waals surface area contributed by atoms with Gasteiger partial charge in [-0.15, -0.1) is 0 Å². The van der Waals surface area contributed by atoms with Crippen LogP contribution < -0.4 is 16.4 Å². The first-order valence-electron chi connectivity index (χ1n) is 14.9. The number of benzene rings is 3. The van der Waals surface area contributed by atoms with E-state index in [1.165, 1.54) is 18.2 Å². The number of hydrogen-bond donors (Lipinski definition) is 4. The standard InChI is InChI=1S/C21H36N4O4S.C13H12/c1-16(2)11-13-25(30-19-9-7-17(22)8-10-19)18(15-26)6-4-5-12-23-20(27)14-24-21(28)29-3;1-3-7-12(8-4-1)11-13-9-5-2-6-10-13/h7-10,16,18,26H,4-6,11-15,22H2,1-3H3,(H,23,27)(H,24,28);1-10H,11H2. The SMILES string of the molecule is COC(=O)NCC(=O)NCCCCC(CO)N(CCC(C)C)Sc1ccc(N)cc1.c1ccc(Cc2ccccc2)cc1. The zero-order valence-electron chi connectivity index (χ0n) is 25.7. The largest absolute Gasteiger partial charge is 0.453 e. The first-order valence-corrected chi connectivity index (χ1v) is 15.6. The van der Waals surface area contributed by atoms with E-state index in [1.807, 2.05) is 24.3 Å². The number of carbonyl (C=O) groups excluding carboxylic acids is 2. The van der Waals surface area contributed by atoms with Crippen LogP contribution in [0.2, 0.25) is 0 Å². The maximum absolute atomic E-state index is 11.7. The smallest absolute Gasteiger partial charge is 0.407 e. The molecule has 3 rings (SSSR count). The summed E-state index contributed by atoms with van der Waals surface area (Å²) in [5.41, 5.74) is 9.25. The molecule has 0 fully saturated rings. The Hall–Kier alpha value is -3.53. The van der Waals surface area contributed by atoms with Crippen molar-refractivity contribution in [3.63, 3.8) is 0 Å². The topological polar surface area (TPSA) is 117 Å². The quantitative estimate of drug-likeness (QED) is 0.0908. The minimum absolute atomic E-state index is 0.0306. The number of amides is 2. The van der Waals surface area contributed by atoms with E-state index in [0.29, 0.717) is 12.5 Å². The van der Waals surface area contributed by atoms with Crippen LogP contribution in [-0.4, -0.2) is 60.8 Å². The summed E-state index contributed by atoms with van der Waals surface area (Å²) in [6, 6.07) is 28.9. The number of nitrogen functional groups attached to an aromatic ring is 1. The van der Waals surface area contributed by atoms with E-state index < -0.39 is 6.09 Å². The number of methoxy groups -OCH3 is 1. The number of nitrogens with two attached hydrogens (primary N) is 1. The van der Waals surface area contributed by atoms with E-state index in [9.17, 15) is 14.7 Å². The zero-order chi connectivity index (χ0) is 31.3. The van der Waals surface area contributed by atoms with E-state index in [0.717, 1.165) is 49.2 Å². The fourth-order valence-electron chi connectivity index (χ4n) is 4.13. The summed E-state index contributed by atoms with van der Waals surface area (Å²) in [7, 11) is 1.25. The van der Waals surface area contributed by atoms with Gasteiger partial charge < -0.3 is 26.2 Å². The molecule has 0 aliphatic rings. The number of carbonyl (C=O) groups is 2. The fourth-order valence-corrected chi connectivity index (χ4v) is 5.17. The minimum Gasteiger partial charge on any atom is -0.453 e. The molecule has 1 unspecified atom stereocenters. The van der Waals surface area contributed by atoms with Crippen molar-refractivity contribution in [3.8, 4) is 0 Å². The monoisotopic (exact) mass is 608 g/mol. The van der Waals surface area contributed by atoms with Crippen LogP contribution >= 0.6 is 11.9 Å². The van der Waals surface area contributed by atoms with Gasteiger partial charge in [0.05, 0.1) is 20.3 Å². The Bertz CT molecular complexity index is 1130. The average molecular weight is 609 g/mol. The number of hydrogen-bond acceptors (Lipinski definition) is 7. The molecule has 234 valence electrons. The molecule has 2 amide bonds. The van der Waals surface area contributed by atoms with Crippen LogP contribution in [0.5, 0.6) is 0 Å². The van der Waals surface area contributed by atoms with Crippen molar-refractivity contribution in [2.45, 2.75) is 56.9 Å². The van der Waals surface area contributed by atoms with Gasteiger partial charge in [-0.05, 0) is 78.9 Å². The van der Waals surface area contributed by atoms with E-state index in [2.05, 4.69) is 94.2 Å². The van der Waals surface area contributed by atoms with Crippen molar-refractivity contribution in [2.24, 2.45) is 5.92 Å². The van der Waals surface area contributed by atoms with Gasteiger partial charge in [-0.3, -0.25) is 4.79 Å². The molecule has 0 spiro atoms. The van der Waals surface area contributed by atoms with Crippen molar-refractivity contribution in [1.29, 1.82) is 0 Å². The van der Waals surface area contributed by atoms with Crippen molar-refractivity contribution in [3.05, 3.63) is 96.1 Å². The number of alkyl carbamates (subject to hydrolysis) is 1. The molecule has 0 saturated carbocycles. The summed E-state index contributed by atoms with van der Waals surface area (Å²) in [4.78, 5) is 23.7. The van der Waals surface area contributed by atoms with E-state index in [-0.39, 0.29) is 25.1 Å².